The SMILES string of the molecule is O=C(O)CC(NS(=O)(=O)c1ccc2ccccc2c1)c1ccc2c(c1)OCO2. The van der Waals surface area contributed by atoms with Gasteiger partial charge >= 0.3 is 5.97 Å². The fourth-order valence-electron chi connectivity index (χ4n) is 3.12. The average molecular weight is 399 g/mol. The van der Waals surface area contributed by atoms with E-state index in [-0.39, 0.29) is 11.7 Å². The molecule has 8 heteroatoms. The number of carboxylic acids is 1. The number of hydrogen-bond donors (Lipinski definition) is 2. The standard InChI is InChI=1S/C20H17NO6S/c22-20(23)11-17(15-6-8-18-19(10-15)27-12-26-18)21-28(24,25)16-7-5-13-3-1-2-4-14(13)9-16/h1-10,17,21H,11-12H2,(H,22,23). The minimum Gasteiger partial charge on any atom is -0.481 e. The highest BCUT2D eigenvalue weighted by molar-refractivity contribution is 7.89. The molecule has 1 unspecified atom stereocenters. The summed E-state index contributed by atoms with van der Waals surface area (Å²) in [5, 5.41) is 11.0. The predicted molar refractivity (Wildman–Crippen MR) is 102 cm³/mol. The first kappa shape index (κ1) is 18.3. The zero-order valence-electron chi connectivity index (χ0n) is 14.7. The summed E-state index contributed by atoms with van der Waals surface area (Å²) in [4.78, 5) is 11.4. The fourth-order valence-corrected chi connectivity index (χ4v) is 4.38. The number of sulfonamides is 1. The second-order valence-corrected chi connectivity index (χ2v) is 8.11. The topological polar surface area (TPSA) is 102 Å². The molecule has 0 saturated carbocycles. The Balaban J connectivity index is 1.67. The summed E-state index contributed by atoms with van der Waals surface area (Å²) in [5.74, 6) is -0.128. The minimum atomic E-state index is -3.94. The molecule has 0 bridgehead atoms. The molecule has 4 rings (SSSR count). The molecule has 144 valence electrons. The Bertz CT molecular complexity index is 1160. The van der Waals surface area contributed by atoms with E-state index in [0.717, 1.165) is 10.8 Å². The van der Waals surface area contributed by atoms with Crippen molar-refractivity contribution in [1.29, 1.82) is 0 Å². The van der Waals surface area contributed by atoms with Crippen molar-refractivity contribution >= 4 is 26.8 Å². The third kappa shape index (κ3) is 3.64. The lowest BCUT2D eigenvalue weighted by atomic mass is 10.0. The molecule has 28 heavy (non-hydrogen) atoms. The van der Waals surface area contributed by atoms with E-state index in [2.05, 4.69) is 4.72 Å². The summed E-state index contributed by atoms with van der Waals surface area (Å²) in [5.41, 5.74) is 0.482. The highest BCUT2D eigenvalue weighted by Crippen LogP contribution is 2.35. The molecule has 1 aliphatic rings. The molecule has 3 aromatic carbocycles. The normalized spacial score (nSPS) is 14.1. The molecule has 7 nitrogen and oxygen atoms in total. The number of rotatable bonds is 6. The van der Waals surface area contributed by atoms with Gasteiger partial charge in [0.15, 0.2) is 11.5 Å². The molecule has 1 heterocycles. The van der Waals surface area contributed by atoms with Gasteiger partial charge in [0, 0.05) is 0 Å². The van der Waals surface area contributed by atoms with E-state index < -0.39 is 28.5 Å². The van der Waals surface area contributed by atoms with Crippen LogP contribution in [0.3, 0.4) is 0 Å². The van der Waals surface area contributed by atoms with Crippen LogP contribution in [0.25, 0.3) is 10.8 Å². The van der Waals surface area contributed by atoms with Gasteiger partial charge in [-0.3, -0.25) is 4.79 Å². The van der Waals surface area contributed by atoms with Gasteiger partial charge in [-0.1, -0.05) is 36.4 Å². The van der Waals surface area contributed by atoms with Crippen LogP contribution in [0.1, 0.15) is 18.0 Å². The van der Waals surface area contributed by atoms with E-state index in [4.69, 9.17) is 9.47 Å². The van der Waals surface area contributed by atoms with Gasteiger partial charge in [0.25, 0.3) is 0 Å². The predicted octanol–water partition coefficient (Wildman–Crippen LogP) is 3.06. The van der Waals surface area contributed by atoms with Gasteiger partial charge in [-0.15, -0.1) is 0 Å². The van der Waals surface area contributed by atoms with E-state index in [1.165, 1.54) is 6.07 Å². The zero-order valence-corrected chi connectivity index (χ0v) is 15.5. The fraction of sp³-hybridized carbons (Fsp3) is 0.150. The van der Waals surface area contributed by atoms with Gasteiger partial charge < -0.3 is 14.6 Å². The Morgan fingerprint density at radius 3 is 2.54 bits per heavy atom. The van der Waals surface area contributed by atoms with Crippen molar-refractivity contribution < 1.29 is 27.8 Å². The zero-order chi connectivity index (χ0) is 19.7. The molecule has 3 aromatic rings. The van der Waals surface area contributed by atoms with Crippen LogP contribution in [0.2, 0.25) is 0 Å². The first-order valence-electron chi connectivity index (χ1n) is 8.55. The van der Waals surface area contributed by atoms with Gasteiger partial charge in [0.05, 0.1) is 17.4 Å². The molecule has 0 fully saturated rings. The number of benzene rings is 3. The van der Waals surface area contributed by atoms with Gasteiger partial charge in [0.2, 0.25) is 16.8 Å². The lowest BCUT2D eigenvalue weighted by molar-refractivity contribution is -0.137. The number of carbonyl (C=O) groups is 1. The first-order chi connectivity index (χ1) is 13.4. The minimum absolute atomic E-state index is 0.0716. The Morgan fingerprint density at radius 2 is 1.75 bits per heavy atom. The molecule has 0 saturated heterocycles. The van der Waals surface area contributed by atoms with Crippen molar-refractivity contribution in [2.45, 2.75) is 17.4 Å². The molecule has 2 N–H and O–H groups in total. The second kappa shape index (κ2) is 7.14. The maximum absolute atomic E-state index is 12.9. The maximum atomic E-state index is 12.9. The van der Waals surface area contributed by atoms with Crippen LogP contribution in [0, 0.1) is 0 Å². The maximum Gasteiger partial charge on any atom is 0.305 e. The second-order valence-electron chi connectivity index (χ2n) is 6.39. The van der Waals surface area contributed by atoms with Crippen LogP contribution in [-0.2, 0) is 14.8 Å². The van der Waals surface area contributed by atoms with Crippen LogP contribution >= 0.6 is 0 Å². The molecule has 0 aromatic heterocycles. The Hall–Kier alpha value is -3.10. The Kier molecular flexibility index (Phi) is 4.66. The molecule has 0 spiro atoms. The largest absolute Gasteiger partial charge is 0.481 e. The molecule has 0 amide bonds. The summed E-state index contributed by atoms with van der Waals surface area (Å²) in [6.07, 6.45) is -0.410. The van der Waals surface area contributed by atoms with E-state index in [1.54, 1.807) is 30.3 Å². The highest BCUT2D eigenvalue weighted by atomic mass is 32.2. The summed E-state index contributed by atoms with van der Waals surface area (Å²) in [6.45, 7) is 0.0746. The Labute approximate surface area is 161 Å². The first-order valence-corrected chi connectivity index (χ1v) is 10.0. The molecule has 1 atom stereocenters. The van der Waals surface area contributed by atoms with Crippen LogP contribution in [0.4, 0.5) is 0 Å². The van der Waals surface area contributed by atoms with E-state index >= 15 is 0 Å². The van der Waals surface area contributed by atoms with Crippen LogP contribution in [0.15, 0.2) is 65.6 Å². The molecule has 1 aliphatic heterocycles. The molecular formula is C20H17NO6S. The number of nitrogens with one attached hydrogen (secondary N) is 1. The van der Waals surface area contributed by atoms with Crippen molar-refractivity contribution in [2.24, 2.45) is 0 Å². The molecule has 0 aliphatic carbocycles. The lowest BCUT2D eigenvalue weighted by Crippen LogP contribution is -2.30. The van der Waals surface area contributed by atoms with Crippen molar-refractivity contribution in [1.82, 2.24) is 4.72 Å². The number of fused-ring (bicyclic) bond motifs is 2. The van der Waals surface area contributed by atoms with Crippen molar-refractivity contribution in [3.63, 3.8) is 0 Å². The third-order valence-electron chi connectivity index (χ3n) is 4.51. The Morgan fingerprint density at radius 1 is 1.00 bits per heavy atom. The number of aliphatic carboxylic acids is 1. The average Bonchev–Trinajstić information content (AvgIpc) is 3.14. The number of hydrogen-bond acceptors (Lipinski definition) is 5. The van der Waals surface area contributed by atoms with Crippen LogP contribution in [-0.4, -0.2) is 26.3 Å². The van der Waals surface area contributed by atoms with Gasteiger partial charge in [-0.2, -0.15) is 0 Å². The number of ether oxygens (including phenoxy) is 2. The van der Waals surface area contributed by atoms with Crippen molar-refractivity contribution in [3.05, 3.63) is 66.2 Å². The quantitative estimate of drug-likeness (QED) is 0.661. The molecular weight excluding hydrogens is 382 g/mol. The summed E-state index contributed by atoms with van der Waals surface area (Å²) >= 11 is 0. The smallest absolute Gasteiger partial charge is 0.305 e. The van der Waals surface area contributed by atoms with Crippen molar-refractivity contribution in [2.75, 3.05) is 6.79 Å². The van der Waals surface area contributed by atoms with Crippen molar-refractivity contribution in [3.8, 4) is 11.5 Å². The van der Waals surface area contributed by atoms with E-state index in [1.807, 2.05) is 24.3 Å². The molecule has 0 radical (unpaired) electrons. The number of carboxylic acid groups (broad SMARTS) is 1. The van der Waals surface area contributed by atoms with E-state index in [0.29, 0.717) is 17.1 Å². The summed E-state index contributed by atoms with van der Waals surface area (Å²) in [6, 6.07) is 16.1. The highest BCUT2D eigenvalue weighted by Gasteiger charge is 2.25. The van der Waals surface area contributed by atoms with Gasteiger partial charge in [-0.05, 0) is 40.6 Å². The van der Waals surface area contributed by atoms with Crippen LogP contribution in [0.5, 0.6) is 11.5 Å². The van der Waals surface area contributed by atoms with Gasteiger partial charge in [-0.25, -0.2) is 13.1 Å². The third-order valence-corrected chi connectivity index (χ3v) is 5.98. The van der Waals surface area contributed by atoms with E-state index in [9.17, 15) is 18.3 Å². The monoisotopic (exact) mass is 399 g/mol. The summed E-state index contributed by atoms with van der Waals surface area (Å²) in [7, 11) is -3.94. The summed E-state index contributed by atoms with van der Waals surface area (Å²) < 4.78 is 38.9. The van der Waals surface area contributed by atoms with Gasteiger partial charge in [0.1, 0.15) is 0 Å². The lowest BCUT2D eigenvalue weighted by Gasteiger charge is -2.18. The van der Waals surface area contributed by atoms with Crippen LogP contribution < -0.4 is 14.2 Å².